The number of phenols is 8. The summed E-state index contributed by atoms with van der Waals surface area (Å²) in [6, 6.07) is 13.4. The smallest absolute Gasteiger partial charge is 0.161 e. The largest absolute Gasteiger partial charge is 0.508 e. The molecule has 0 fully saturated rings. The molecule has 8 bridgehead atoms. The van der Waals surface area contributed by atoms with Gasteiger partial charge < -0.3 is 40.9 Å². The van der Waals surface area contributed by atoms with Gasteiger partial charge in [-0.25, -0.2) is 0 Å². The molecule has 8 nitrogen and oxygen atoms in total. The van der Waals surface area contributed by atoms with Crippen molar-refractivity contribution in [2.75, 3.05) is 0 Å². The van der Waals surface area contributed by atoms with Crippen LogP contribution in [0.1, 0.15) is 301 Å². The van der Waals surface area contributed by atoms with Crippen molar-refractivity contribution in [3.63, 3.8) is 0 Å². The van der Waals surface area contributed by atoms with Crippen molar-refractivity contribution in [2.24, 2.45) is 0 Å². The predicted molar refractivity (Wildman–Crippen MR) is 297 cm³/mol. The first-order chi connectivity index (χ1) is 34.9. The standard InChI is InChI=1S/C64H96O8/c1-5-9-13-17-21-25-29-33-46-45-37-56(64(72)63(71)38-45)49(36-32-28-24-20-16-12-8-4)55-41-54(61(69)44-62(55)70)48(35-31-27-23-19-15-11-7-3)53-40-52(59(67)43-60(53)68)47(34-30-26-22-18-14-10-6-2)51-39-50(46)57(65)42-58(51)66/h37-44,46-49,65-72H,5-36H2,1-4H3. The molecular weight excluding hydrogens is 897 g/mol. The van der Waals surface area contributed by atoms with E-state index in [4.69, 9.17) is 0 Å². The quantitative estimate of drug-likeness (QED) is 0.0177. The molecule has 1 aliphatic rings. The molecule has 0 aliphatic heterocycles. The Morgan fingerprint density at radius 3 is 0.764 bits per heavy atom. The Labute approximate surface area is 435 Å². The van der Waals surface area contributed by atoms with Crippen LogP contribution in [0.15, 0.2) is 48.5 Å². The van der Waals surface area contributed by atoms with Crippen LogP contribution < -0.4 is 0 Å². The molecule has 0 saturated carbocycles. The molecule has 0 spiro atoms. The van der Waals surface area contributed by atoms with Gasteiger partial charge in [0.15, 0.2) is 11.5 Å². The minimum absolute atomic E-state index is 0.0695. The zero-order chi connectivity index (χ0) is 51.8. The average Bonchev–Trinajstić information content (AvgIpc) is 3.35. The molecule has 4 unspecified atom stereocenters. The third kappa shape index (κ3) is 16.6. The van der Waals surface area contributed by atoms with Gasteiger partial charge in [-0.15, -0.1) is 0 Å². The van der Waals surface area contributed by atoms with E-state index in [0.717, 1.165) is 116 Å². The first-order valence-corrected chi connectivity index (χ1v) is 29.2. The molecule has 4 atom stereocenters. The lowest BCUT2D eigenvalue weighted by molar-refractivity contribution is 0.392. The van der Waals surface area contributed by atoms with Crippen LogP contribution >= 0.6 is 0 Å². The lowest BCUT2D eigenvalue weighted by Crippen LogP contribution is -2.11. The number of phenolic OH excluding ortho intramolecular Hbond substituents is 8. The first kappa shape index (κ1) is 58.2. The molecule has 8 heteroatoms. The molecule has 0 heterocycles. The number of hydrogen-bond acceptors (Lipinski definition) is 8. The highest BCUT2D eigenvalue weighted by molar-refractivity contribution is 5.62. The molecule has 8 N–H and O–H groups in total. The molecule has 4 aromatic rings. The fraction of sp³-hybridized carbons (Fsp3) is 0.625. The second kappa shape index (κ2) is 31.1. The third-order valence-electron chi connectivity index (χ3n) is 16.1. The minimum atomic E-state index is -0.587. The average molecular weight is 993 g/mol. The van der Waals surface area contributed by atoms with E-state index in [1.165, 1.54) is 82.4 Å². The predicted octanol–water partition coefficient (Wildman–Crippen LogP) is 18.7. The van der Waals surface area contributed by atoms with Gasteiger partial charge in [-0.2, -0.15) is 0 Å². The van der Waals surface area contributed by atoms with E-state index in [2.05, 4.69) is 27.7 Å². The number of unbranched alkanes of at least 4 members (excludes halogenated alkanes) is 24. The molecular formula is C64H96O8. The Kier molecular flexibility index (Phi) is 25.1. The van der Waals surface area contributed by atoms with Crippen LogP contribution in [0.3, 0.4) is 0 Å². The van der Waals surface area contributed by atoms with E-state index in [1.54, 1.807) is 6.07 Å². The van der Waals surface area contributed by atoms with E-state index in [9.17, 15) is 40.9 Å². The zero-order valence-electron chi connectivity index (χ0n) is 45.1. The maximum Gasteiger partial charge on any atom is 0.161 e. The van der Waals surface area contributed by atoms with Crippen molar-refractivity contribution in [3.8, 4) is 46.0 Å². The van der Waals surface area contributed by atoms with Gasteiger partial charge in [0, 0.05) is 80.8 Å². The van der Waals surface area contributed by atoms with E-state index in [1.807, 2.05) is 24.3 Å². The number of benzene rings is 4. The second-order valence-electron chi connectivity index (χ2n) is 21.7. The van der Waals surface area contributed by atoms with E-state index in [-0.39, 0.29) is 46.0 Å². The molecule has 0 aromatic heterocycles. The molecule has 72 heavy (non-hydrogen) atoms. The van der Waals surface area contributed by atoms with Crippen LogP contribution in [0, 0.1) is 0 Å². The van der Waals surface area contributed by atoms with Gasteiger partial charge in [0.1, 0.15) is 34.5 Å². The highest BCUT2D eigenvalue weighted by Gasteiger charge is 2.33. The molecule has 5 rings (SSSR count). The Morgan fingerprint density at radius 1 is 0.236 bits per heavy atom. The van der Waals surface area contributed by atoms with Gasteiger partial charge in [-0.05, 0) is 55.5 Å². The van der Waals surface area contributed by atoms with Crippen LogP contribution in [0.25, 0.3) is 0 Å². The van der Waals surface area contributed by atoms with Gasteiger partial charge >= 0.3 is 0 Å². The number of fused-ring (bicyclic) bond motifs is 8. The maximum atomic E-state index is 12.0. The zero-order valence-corrected chi connectivity index (χ0v) is 45.1. The van der Waals surface area contributed by atoms with Gasteiger partial charge in [-0.1, -0.05) is 214 Å². The fourth-order valence-corrected chi connectivity index (χ4v) is 11.8. The van der Waals surface area contributed by atoms with Crippen molar-refractivity contribution in [2.45, 2.75) is 257 Å². The monoisotopic (exact) mass is 993 g/mol. The first-order valence-electron chi connectivity index (χ1n) is 29.2. The summed E-state index contributed by atoms with van der Waals surface area (Å²) in [7, 11) is 0. The molecule has 0 radical (unpaired) electrons. The Balaban J connectivity index is 1.77. The summed E-state index contributed by atoms with van der Waals surface area (Å²) in [5.74, 6) is -3.22. The van der Waals surface area contributed by atoms with Crippen LogP contribution in [-0.2, 0) is 0 Å². The lowest BCUT2D eigenvalue weighted by Gasteiger charge is -2.29. The van der Waals surface area contributed by atoms with Crippen LogP contribution in [0.2, 0.25) is 0 Å². The topological polar surface area (TPSA) is 162 Å². The van der Waals surface area contributed by atoms with Crippen LogP contribution in [0.5, 0.6) is 46.0 Å². The van der Waals surface area contributed by atoms with Crippen molar-refractivity contribution in [1.29, 1.82) is 0 Å². The summed E-state index contributed by atoms with van der Waals surface area (Å²) in [6.45, 7) is 8.85. The van der Waals surface area contributed by atoms with Gasteiger partial charge in [-0.3, -0.25) is 0 Å². The summed E-state index contributed by atoms with van der Waals surface area (Å²) >= 11 is 0. The summed E-state index contributed by atoms with van der Waals surface area (Å²) in [5, 5.41) is 95.9. The second-order valence-corrected chi connectivity index (χ2v) is 21.7. The van der Waals surface area contributed by atoms with E-state index < -0.39 is 23.7 Å². The van der Waals surface area contributed by atoms with E-state index in [0.29, 0.717) is 70.2 Å². The Morgan fingerprint density at radius 2 is 0.472 bits per heavy atom. The summed E-state index contributed by atoms with van der Waals surface area (Å²) in [4.78, 5) is 0. The summed E-state index contributed by atoms with van der Waals surface area (Å²) in [6.07, 6.45) is 32.5. The summed E-state index contributed by atoms with van der Waals surface area (Å²) in [5.41, 5.74) is 4.49. The fourth-order valence-electron chi connectivity index (χ4n) is 11.8. The third-order valence-corrected chi connectivity index (χ3v) is 16.1. The Bertz CT molecular complexity index is 2210. The van der Waals surface area contributed by atoms with Crippen molar-refractivity contribution < 1.29 is 40.9 Å². The molecule has 0 amide bonds. The molecule has 400 valence electrons. The molecule has 1 aliphatic carbocycles. The molecule has 0 saturated heterocycles. The number of rotatable bonds is 32. The maximum absolute atomic E-state index is 12.0. The van der Waals surface area contributed by atoms with Crippen molar-refractivity contribution in [3.05, 3.63) is 93.0 Å². The van der Waals surface area contributed by atoms with Gasteiger partial charge in [0.2, 0.25) is 0 Å². The Hall–Kier alpha value is -4.72. The van der Waals surface area contributed by atoms with Crippen LogP contribution in [0.4, 0.5) is 0 Å². The normalized spacial score (nSPS) is 16.6. The van der Waals surface area contributed by atoms with Gasteiger partial charge in [0.25, 0.3) is 0 Å². The van der Waals surface area contributed by atoms with Crippen molar-refractivity contribution in [1.82, 2.24) is 0 Å². The number of aromatic hydroxyl groups is 8. The SMILES string of the molecule is CCCCCCCCCC1c2cc(O)c(O)c(c2)C(CCCCCCCCC)c2cc(c(O)cc2O)C(CCCCCCCCC)c2cc(c(O)cc2O)C(CCCCCCCCC)c2cc1c(O)cc2O. The minimum Gasteiger partial charge on any atom is -0.508 e. The summed E-state index contributed by atoms with van der Waals surface area (Å²) < 4.78 is 0. The van der Waals surface area contributed by atoms with E-state index >= 15 is 0 Å². The van der Waals surface area contributed by atoms with Gasteiger partial charge in [0.05, 0.1) is 0 Å². The molecule has 4 aromatic carbocycles. The lowest BCUT2D eigenvalue weighted by atomic mass is 9.76. The highest BCUT2D eigenvalue weighted by atomic mass is 16.3. The van der Waals surface area contributed by atoms with Crippen LogP contribution in [-0.4, -0.2) is 40.9 Å². The highest BCUT2D eigenvalue weighted by Crippen LogP contribution is 2.52. The van der Waals surface area contributed by atoms with Crippen molar-refractivity contribution >= 4 is 0 Å². The number of hydrogen-bond donors (Lipinski definition) is 8.